The average molecular weight is 253 g/mol. The molecule has 0 amide bonds. The molecule has 0 aromatic carbocycles. The average Bonchev–Trinajstić information content (AvgIpc) is 2.61. The van der Waals surface area contributed by atoms with Crippen molar-refractivity contribution in [2.45, 2.75) is 20.4 Å². The summed E-state index contributed by atoms with van der Waals surface area (Å²) in [5, 5.41) is 10.5. The molecule has 4 heteroatoms. The number of carboxylic acid groups (broad SMARTS) is 1. The van der Waals surface area contributed by atoms with Crippen LogP contribution in [0.4, 0.5) is 0 Å². The van der Waals surface area contributed by atoms with Gasteiger partial charge in [0.15, 0.2) is 0 Å². The highest BCUT2D eigenvalue weighted by Gasteiger charge is 2.04. The fraction of sp³-hybridized carbons (Fsp3) is 0.462. The number of hydrogen-bond donors (Lipinski definition) is 1. The Kier molecular flexibility index (Phi) is 5.38. The van der Waals surface area contributed by atoms with Crippen molar-refractivity contribution in [2.75, 3.05) is 13.6 Å². The van der Waals surface area contributed by atoms with E-state index in [2.05, 4.69) is 25.8 Å². The summed E-state index contributed by atoms with van der Waals surface area (Å²) >= 11 is 1.67. The molecule has 17 heavy (non-hydrogen) atoms. The van der Waals surface area contributed by atoms with Gasteiger partial charge in [-0.1, -0.05) is 13.8 Å². The van der Waals surface area contributed by atoms with Crippen molar-refractivity contribution < 1.29 is 9.90 Å². The molecule has 0 aliphatic heterocycles. The van der Waals surface area contributed by atoms with Crippen molar-refractivity contribution in [3.05, 3.63) is 28.0 Å². The molecule has 0 radical (unpaired) electrons. The highest BCUT2D eigenvalue weighted by molar-refractivity contribution is 7.10. The lowest BCUT2D eigenvalue weighted by molar-refractivity contribution is -0.131. The zero-order valence-corrected chi connectivity index (χ0v) is 11.3. The van der Waals surface area contributed by atoms with Crippen LogP contribution in [0.5, 0.6) is 0 Å². The van der Waals surface area contributed by atoms with Gasteiger partial charge in [0, 0.05) is 24.0 Å². The Labute approximate surface area is 106 Å². The van der Waals surface area contributed by atoms with Crippen LogP contribution in [-0.2, 0) is 11.3 Å². The second-order valence-electron chi connectivity index (χ2n) is 4.61. The van der Waals surface area contributed by atoms with E-state index in [-0.39, 0.29) is 0 Å². The molecule has 3 nitrogen and oxygen atoms in total. The van der Waals surface area contributed by atoms with E-state index in [1.807, 2.05) is 11.4 Å². The van der Waals surface area contributed by atoms with Crippen LogP contribution in [0.1, 0.15) is 24.3 Å². The molecule has 0 saturated carbocycles. The number of carbonyl (C=O) groups is 1. The summed E-state index contributed by atoms with van der Waals surface area (Å²) in [6.07, 6.45) is 2.80. The number of aliphatic carboxylic acids is 1. The Hall–Kier alpha value is -1.13. The third-order valence-corrected chi connectivity index (χ3v) is 3.13. The Bertz CT molecular complexity index is 396. The maximum Gasteiger partial charge on any atom is 0.328 e. The summed E-state index contributed by atoms with van der Waals surface area (Å²) in [7, 11) is 2.10. The molecule has 94 valence electrons. The topological polar surface area (TPSA) is 40.5 Å². The van der Waals surface area contributed by atoms with Crippen molar-refractivity contribution in [3.8, 4) is 0 Å². The molecule has 1 N–H and O–H groups in total. The van der Waals surface area contributed by atoms with Crippen LogP contribution in [0, 0.1) is 5.92 Å². The summed E-state index contributed by atoms with van der Waals surface area (Å²) in [4.78, 5) is 13.9. The normalized spacial score (nSPS) is 11.8. The van der Waals surface area contributed by atoms with Crippen molar-refractivity contribution in [3.63, 3.8) is 0 Å². The van der Waals surface area contributed by atoms with Crippen molar-refractivity contribution in [1.82, 2.24) is 4.90 Å². The summed E-state index contributed by atoms with van der Waals surface area (Å²) in [5.41, 5.74) is 0.963. The van der Waals surface area contributed by atoms with Crippen LogP contribution in [0.3, 0.4) is 0 Å². The van der Waals surface area contributed by atoms with Crippen LogP contribution in [0.15, 0.2) is 17.5 Å². The Morgan fingerprint density at radius 3 is 2.88 bits per heavy atom. The molecule has 0 unspecified atom stereocenters. The largest absolute Gasteiger partial charge is 0.478 e. The first-order valence-electron chi connectivity index (χ1n) is 5.64. The smallest absolute Gasteiger partial charge is 0.328 e. The molecule has 0 aliphatic carbocycles. The predicted octanol–water partition coefficient (Wildman–Crippen LogP) is 2.93. The molecule has 0 saturated heterocycles. The second kappa shape index (κ2) is 6.57. The lowest BCUT2D eigenvalue weighted by atomic mass is 10.2. The van der Waals surface area contributed by atoms with Gasteiger partial charge in [0.1, 0.15) is 0 Å². The van der Waals surface area contributed by atoms with E-state index < -0.39 is 5.97 Å². The Morgan fingerprint density at radius 2 is 2.29 bits per heavy atom. The third-order valence-electron chi connectivity index (χ3n) is 2.19. The molecule has 0 spiro atoms. The van der Waals surface area contributed by atoms with Gasteiger partial charge in [0.2, 0.25) is 0 Å². The number of rotatable bonds is 6. The van der Waals surface area contributed by atoms with E-state index in [1.165, 1.54) is 11.0 Å². The molecule has 0 atom stereocenters. The summed E-state index contributed by atoms with van der Waals surface area (Å²) in [6.45, 7) is 6.39. The van der Waals surface area contributed by atoms with Gasteiger partial charge in [-0.3, -0.25) is 0 Å². The van der Waals surface area contributed by atoms with Crippen LogP contribution in [-0.4, -0.2) is 29.6 Å². The number of hydrogen-bond acceptors (Lipinski definition) is 3. The van der Waals surface area contributed by atoms with Gasteiger partial charge in [0.25, 0.3) is 0 Å². The molecule has 0 bridgehead atoms. The lowest BCUT2D eigenvalue weighted by Gasteiger charge is -2.17. The van der Waals surface area contributed by atoms with Crippen molar-refractivity contribution in [1.29, 1.82) is 0 Å². The number of nitrogens with zero attached hydrogens (tertiary/aromatic N) is 1. The van der Waals surface area contributed by atoms with E-state index in [1.54, 1.807) is 17.4 Å². The third kappa shape index (κ3) is 5.65. The first-order valence-corrected chi connectivity index (χ1v) is 6.52. The van der Waals surface area contributed by atoms with E-state index in [0.29, 0.717) is 5.92 Å². The highest BCUT2D eigenvalue weighted by atomic mass is 32.1. The predicted molar refractivity (Wildman–Crippen MR) is 72.2 cm³/mol. The van der Waals surface area contributed by atoms with E-state index in [0.717, 1.165) is 18.7 Å². The van der Waals surface area contributed by atoms with Crippen molar-refractivity contribution >= 4 is 23.4 Å². The molecule has 1 aromatic heterocycles. The van der Waals surface area contributed by atoms with Gasteiger partial charge < -0.3 is 10.0 Å². The van der Waals surface area contributed by atoms with Gasteiger partial charge >= 0.3 is 5.97 Å². The van der Waals surface area contributed by atoms with E-state index in [4.69, 9.17) is 5.11 Å². The van der Waals surface area contributed by atoms with Gasteiger partial charge in [-0.25, -0.2) is 4.79 Å². The highest BCUT2D eigenvalue weighted by Crippen LogP contribution is 2.18. The summed E-state index contributed by atoms with van der Waals surface area (Å²) in [6, 6.07) is 2.04. The SMILES string of the molecule is CC(C)CN(C)Cc1cc(C=CC(=O)O)cs1. The molecular weight excluding hydrogens is 234 g/mol. The summed E-state index contributed by atoms with van der Waals surface area (Å²) in [5.74, 6) is -0.249. The first kappa shape index (κ1) is 13.9. The number of carboxylic acids is 1. The Balaban J connectivity index is 2.53. The molecule has 1 rings (SSSR count). The van der Waals surface area contributed by atoms with E-state index in [9.17, 15) is 4.79 Å². The van der Waals surface area contributed by atoms with Gasteiger partial charge in [-0.2, -0.15) is 0 Å². The van der Waals surface area contributed by atoms with Crippen LogP contribution >= 0.6 is 11.3 Å². The van der Waals surface area contributed by atoms with Crippen molar-refractivity contribution in [2.24, 2.45) is 5.92 Å². The molecule has 1 aromatic rings. The lowest BCUT2D eigenvalue weighted by Crippen LogP contribution is -2.22. The second-order valence-corrected chi connectivity index (χ2v) is 5.60. The maximum atomic E-state index is 10.4. The Morgan fingerprint density at radius 1 is 1.59 bits per heavy atom. The van der Waals surface area contributed by atoms with Crippen LogP contribution in [0.25, 0.3) is 6.08 Å². The fourth-order valence-electron chi connectivity index (χ4n) is 1.69. The monoisotopic (exact) mass is 253 g/mol. The molecular formula is C13H19NO2S. The molecule has 0 aliphatic rings. The standard InChI is InChI=1S/C13H19NO2S/c1-10(2)7-14(3)8-12-6-11(9-17-12)4-5-13(15)16/h4-6,9-10H,7-8H2,1-3H3,(H,15,16). The fourth-order valence-corrected chi connectivity index (χ4v) is 2.62. The van der Waals surface area contributed by atoms with Gasteiger partial charge in [-0.15, -0.1) is 11.3 Å². The van der Waals surface area contributed by atoms with Crippen LogP contribution < -0.4 is 0 Å². The number of thiophene rings is 1. The van der Waals surface area contributed by atoms with Gasteiger partial charge in [0.05, 0.1) is 0 Å². The quantitative estimate of drug-likeness (QED) is 0.792. The summed E-state index contributed by atoms with van der Waals surface area (Å²) < 4.78 is 0. The first-order chi connectivity index (χ1) is 7.97. The zero-order chi connectivity index (χ0) is 12.8. The van der Waals surface area contributed by atoms with Crippen LogP contribution in [0.2, 0.25) is 0 Å². The molecule has 0 fully saturated rings. The minimum absolute atomic E-state index is 0.659. The van der Waals surface area contributed by atoms with E-state index >= 15 is 0 Å². The minimum Gasteiger partial charge on any atom is -0.478 e. The minimum atomic E-state index is -0.908. The maximum absolute atomic E-state index is 10.4. The zero-order valence-electron chi connectivity index (χ0n) is 10.5. The molecule has 1 heterocycles. The van der Waals surface area contributed by atoms with Gasteiger partial charge in [-0.05, 0) is 36.1 Å².